The lowest BCUT2D eigenvalue weighted by Crippen LogP contribution is -2.33. The average Bonchev–Trinajstić information content (AvgIpc) is 2.40. The second-order valence-corrected chi connectivity index (χ2v) is 5.83. The maximum atomic E-state index is 4.35. The van der Waals surface area contributed by atoms with Gasteiger partial charge in [0, 0.05) is 24.5 Å². The second-order valence-electron chi connectivity index (χ2n) is 5.83. The Kier molecular flexibility index (Phi) is 4.76. The number of hydrogen-bond acceptors (Lipinski definition) is 2. The van der Waals surface area contributed by atoms with Gasteiger partial charge in [0.1, 0.15) is 0 Å². The molecule has 1 unspecified atom stereocenters. The first kappa shape index (κ1) is 13.5. The number of nitrogens with zero attached hydrogens (tertiary/aromatic N) is 1. The predicted molar refractivity (Wildman–Crippen MR) is 77.0 cm³/mol. The SMILES string of the molecule is Cc1cc(C(C)CNC2CCCCC2)c(C)cn1. The molecule has 0 spiro atoms. The maximum absolute atomic E-state index is 4.35. The fraction of sp³-hybridized carbons (Fsp3) is 0.688. The van der Waals surface area contributed by atoms with Crippen LogP contribution in [0, 0.1) is 13.8 Å². The number of rotatable bonds is 4. The summed E-state index contributed by atoms with van der Waals surface area (Å²) >= 11 is 0. The zero-order valence-electron chi connectivity index (χ0n) is 12.0. The van der Waals surface area contributed by atoms with Crippen molar-refractivity contribution in [3.63, 3.8) is 0 Å². The van der Waals surface area contributed by atoms with Gasteiger partial charge in [-0.05, 0) is 49.8 Å². The van der Waals surface area contributed by atoms with E-state index in [0.29, 0.717) is 5.92 Å². The molecule has 0 aliphatic heterocycles. The van der Waals surface area contributed by atoms with Gasteiger partial charge in [-0.3, -0.25) is 4.98 Å². The highest BCUT2D eigenvalue weighted by Gasteiger charge is 2.15. The minimum atomic E-state index is 0.577. The molecule has 1 aliphatic rings. The van der Waals surface area contributed by atoms with Gasteiger partial charge in [0.15, 0.2) is 0 Å². The molecule has 0 aromatic carbocycles. The van der Waals surface area contributed by atoms with E-state index < -0.39 is 0 Å². The van der Waals surface area contributed by atoms with E-state index in [1.54, 1.807) is 0 Å². The first-order chi connectivity index (χ1) is 8.66. The summed E-state index contributed by atoms with van der Waals surface area (Å²) in [6.07, 6.45) is 8.96. The summed E-state index contributed by atoms with van der Waals surface area (Å²) < 4.78 is 0. The Morgan fingerprint density at radius 2 is 2.00 bits per heavy atom. The lowest BCUT2D eigenvalue weighted by Gasteiger charge is -2.25. The Balaban J connectivity index is 1.90. The molecule has 1 aromatic heterocycles. The van der Waals surface area contributed by atoms with Crippen molar-refractivity contribution in [1.82, 2.24) is 10.3 Å². The lowest BCUT2D eigenvalue weighted by molar-refractivity contribution is 0.367. The number of pyridine rings is 1. The molecule has 0 amide bonds. The van der Waals surface area contributed by atoms with E-state index >= 15 is 0 Å². The first-order valence-corrected chi connectivity index (χ1v) is 7.33. The van der Waals surface area contributed by atoms with Crippen molar-refractivity contribution in [2.75, 3.05) is 6.54 Å². The molecular formula is C16H26N2. The molecule has 1 fully saturated rings. The highest BCUT2D eigenvalue weighted by molar-refractivity contribution is 5.28. The van der Waals surface area contributed by atoms with Crippen molar-refractivity contribution in [2.45, 2.75) is 64.8 Å². The third-order valence-corrected chi connectivity index (χ3v) is 4.13. The van der Waals surface area contributed by atoms with Gasteiger partial charge in [0.05, 0.1) is 0 Å². The second kappa shape index (κ2) is 6.33. The fourth-order valence-corrected chi connectivity index (χ4v) is 2.94. The van der Waals surface area contributed by atoms with E-state index in [0.717, 1.165) is 18.3 Å². The van der Waals surface area contributed by atoms with Gasteiger partial charge in [-0.2, -0.15) is 0 Å². The molecule has 0 saturated heterocycles. The van der Waals surface area contributed by atoms with Crippen LogP contribution >= 0.6 is 0 Å². The van der Waals surface area contributed by atoms with Crippen molar-refractivity contribution in [1.29, 1.82) is 0 Å². The third kappa shape index (κ3) is 3.55. The topological polar surface area (TPSA) is 24.9 Å². The lowest BCUT2D eigenvalue weighted by atomic mass is 9.93. The van der Waals surface area contributed by atoms with Crippen LogP contribution in [0.2, 0.25) is 0 Å². The molecule has 1 heterocycles. The summed E-state index contributed by atoms with van der Waals surface area (Å²) in [6, 6.07) is 2.99. The highest BCUT2D eigenvalue weighted by atomic mass is 14.9. The van der Waals surface area contributed by atoms with Gasteiger partial charge < -0.3 is 5.32 Å². The zero-order valence-corrected chi connectivity index (χ0v) is 12.0. The standard InChI is InChI=1S/C16H26N2/c1-12-10-17-14(3)9-16(12)13(2)11-18-15-7-5-4-6-8-15/h9-10,13,15,18H,4-8,11H2,1-3H3. The summed E-state index contributed by atoms with van der Waals surface area (Å²) in [6.45, 7) is 7.65. The number of hydrogen-bond donors (Lipinski definition) is 1. The Morgan fingerprint density at radius 3 is 2.72 bits per heavy atom. The number of aryl methyl sites for hydroxylation is 2. The van der Waals surface area contributed by atoms with Gasteiger partial charge in [0.2, 0.25) is 0 Å². The molecule has 1 saturated carbocycles. The van der Waals surface area contributed by atoms with Crippen LogP contribution in [0.25, 0.3) is 0 Å². The third-order valence-electron chi connectivity index (χ3n) is 4.13. The Bertz CT molecular complexity index is 381. The van der Waals surface area contributed by atoms with E-state index in [4.69, 9.17) is 0 Å². The van der Waals surface area contributed by atoms with E-state index in [2.05, 4.69) is 37.1 Å². The number of aromatic nitrogens is 1. The Labute approximate surface area is 111 Å². The molecule has 1 N–H and O–H groups in total. The molecule has 2 heteroatoms. The first-order valence-electron chi connectivity index (χ1n) is 7.33. The van der Waals surface area contributed by atoms with Gasteiger partial charge in [-0.1, -0.05) is 26.2 Å². The van der Waals surface area contributed by atoms with Crippen LogP contribution in [0.3, 0.4) is 0 Å². The molecule has 100 valence electrons. The van der Waals surface area contributed by atoms with Crippen LogP contribution in [-0.4, -0.2) is 17.6 Å². The van der Waals surface area contributed by atoms with Crippen molar-refractivity contribution in [2.24, 2.45) is 0 Å². The summed E-state index contributed by atoms with van der Waals surface area (Å²) in [5.41, 5.74) is 3.89. The molecule has 2 rings (SSSR count). The van der Waals surface area contributed by atoms with Crippen molar-refractivity contribution < 1.29 is 0 Å². The maximum Gasteiger partial charge on any atom is 0.0375 e. The van der Waals surface area contributed by atoms with Crippen LogP contribution in [0.5, 0.6) is 0 Å². The molecule has 0 bridgehead atoms. The van der Waals surface area contributed by atoms with Crippen molar-refractivity contribution >= 4 is 0 Å². The minimum Gasteiger partial charge on any atom is -0.313 e. The molecule has 0 radical (unpaired) electrons. The Morgan fingerprint density at radius 1 is 1.28 bits per heavy atom. The quantitative estimate of drug-likeness (QED) is 0.875. The molecular weight excluding hydrogens is 220 g/mol. The molecule has 1 aromatic rings. The average molecular weight is 246 g/mol. The van der Waals surface area contributed by atoms with E-state index in [1.807, 2.05) is 6.20 Å². The molecule has 1 aliphatic carbocycles. The summed E-state index contributed by atoms with van der Waals surface area (Å²) in [4.78, 5) is 4.35. The molecule has 1 atom stereocenters. The summed E-state index contributed by atoms with van der Waals surface area (Å²) in [5.74, 6) is 0.577. The van der Waals surface area contributed by atoms with Gasteiger partial charge in [0.25, 0.3) is 0 Å². The van der Waals surface area contributed by atoms with Gasteiger partial charge >= 0.3 is 0 Å². The van der Waals surface area contributed by atoms with E-state index in [1.165, 1.54) is 43.2 Å². The van der Waals surface area contributed by atoms with Gasteiger partial charge in [-0.15, -0.1) is 0 Å². The van der Waals surface area contributed by atoms with Crippen LogP contribution in [0.15, 0.2) is 12.3 Å². The molecule has 18 heavy (non-hydrogen) atoms. The van der Waals surface area contributed by atoms with Crippen LogP contribution < -0.4 is 5.32 Å². The zero-order chi connectivity index (χ0) is 13.0. The van der Waals surface area contributed by atoms with Crippen LogP contribution in [0.1, 0.15) is 61.8 Å². The monoisotopic (exact) mass is 246 g/mol. The van der Waals surface area contributed by atoms with E-state index in [-0.39, 0.29) is 0 Å². The van der Waals surface area contributed by atoms with Crippen molar-refractivity contribution in [3.8, 4) is 0 Å². The summed E-state index contributed by atoms with van der Waals surface area (Å²) in [7, 11) is 0. The smallest absolute Gasteiger partial charge is 0.0375 e. The summed E-state index contributed by atoms with van der Waals surface area (Å²) in [5, 5.41) is 3.75. The largest absolute Gasteiger partial charge is 0.313 e. The van der Waals surface area contributed by atoms with Crippen LogP contribution in [0.4, 0.5) is 0 Å². The normalized spacial score (nSPS) is 18.8. The minimum absolute atomic E-state index is 0.577. The number of nitrogens with one attached hydrogen (secondary N) is 1. The highest BCUT2D eigenvalue weighted by Crippen LogP contribution is 2.21. The van der Waals surface area contributed by atoms with Crippen LogP contribution in [-0.2, 0) is 0 Å². The van der Waals surface area contributed by atoms with E-state index in [9.17, 15) is 0 Å². The predicted octanol–water partition coefficient (Wildman–Crippen LogP) is 3.72. The van der Waals surface area contributed by atoms with Crippen molar-refractivity contribution in [3.05, 3.63) is 29.1 Å². The Hall–Kier alpha value is -0.890. The van der Waals surface area contributed by atoms with Gasteiger partial charge in [-0.25, -0.2) is 0 Å². The molecule has 2 nitrogen and oxygen atoms in total. The fourth-order valence-electron chi connectivity index (χ4n) is 2.94.